The first-order valence-electron chi connectivity index (χ1n) is 8.03. The molecule has 6 nitrogen and oxygen atoms in total. The van der Waals surface area contributed by atoms with Crippen molar-refractivity contribution in [3.8, 4) is 0 Å². The van der Waals surface area contributed by atoms with Gasteiger partial charge in [0.1, 0.15) is 0 Å². The number of hydrogen-bond acceptors (Lipinski definition) is 4. The molecule has 23 heavy (non-hydrogen) atoms. The second-order valence-corrected chi connectivity index (χ2v) is 5.67. The van der Waals surface area contributed by atoms with E-state index in [0.29, 0.717) is 6.54 Å². The Hall–Kier alpha value is -0.930. The Kier molecular flexibility index (Phi) is 10.1. The molecular weight excluding hydrogens is 403 g/mol. The molecular formula is C16H29IN6. The van der Waals surface area contributed by atoms with E-state index in [4.69, 9.17) is 0 Å². The zero-order valence-corrected chi connectivity index (χ0v) is 16.5. The standard InChI is InChI=1S/C16H28N6.HI/c1-17-16(20-14-15-6-3-4-7-18-15)19-8-11-22-10-5-9-21(2)12-13-22;/h3-4,6-7H,5,8-14H2,1-2H3,(H2,17,19,20);1H. The van der Waals surface area contributed by atoms with Gasteiger partial charge in [-0.25, -0.2) is 0 Å². The van der Waals surface area contributed by atoms with Gasteiger partial charge in [-0.05, 0) is 38.7 Å². The summed E-state index contributed by atoms with van der Waals surface area (Å²) in [6.45, 7) is 7.35. The summed E-state index contributed by atoms with van der Waals surface area (Å²) in [7, 11) is 4.00. The fourth-order valence-corrected chi connectivity index (χ4v) is 2.55. The highest BCUT2D eigenvalue weighted by atomic mass is 127. The van der Waals surface area contributed by atoms with E-state index in [9.17, 15) is 0 Å². The highest BCUT2D eigenvalue weighted by molar-refractivity contribution is 14.0. The topological polar surface area (TPSA) is 55.8 Å². The Labute approximate surface area is 156 Å². The molecule has 0 aliphatic carbocycles. The van der Waals surface area contributed by atoms with Crippen molar-refractivity contribution in [1.82, 2.24) is 25.4 Å². The molecule has 0 spiro atoms. The number of pyridine rings is 1. The third-order valence-corrected chi connectivity index (χ3v) is 3.92. The molecule has 1 saturated heterocycles. The summed E-state index contributed by atoms with van der Waals surface area (Å²) in [4.78, 5) is 13.5. The summed E-state index contributed by atoms with van der Waals surface area (Å²) >= 11 is 0. The van der Waals surface area contributed by atoms with Crippen LogP contribution in [-0.4, -0.2) is 74.1 Å². The number of hydrogen-bond donors (Lipinski definition) is 2. The fraction of sp³-hybridized carbons (Fsp3) is 0.625. The number of likely N-dealkylation sites (N-methyl/N-ethyl adjacent to an activating group) is 1. The van der Waals surface area contributed by atoms with Gasteiger partial charge in [-0.1, -0.05) is 6.07 Å². The molecule has 0 aromatic carbocycles. The van der Waals surface area contributed by atoms with Crippen LogP contribution in [0.25, 0.3) is 0 Å². The van der Waals surface area contributed by atoms with E-state index < -0.39 is 0 Å². The van der Waals surface area contributed by atoms with Crippen molar-refractivity contribution in [3.05, 3.63) is 30.1 Å². The van der Waals surface area contributed by atoms with Crippen LogP contribution in [0.1, 0.15) is 12.1 Å². The molecule has 2 rings (SSSR count). The Balaban J connectivity index is 0.00000264. The molecule has 0 bridgehead atoms. The van der Waals surface area contributed by atoms with E-state index in [-0.39, 0.29) is 24.0 Å². The van der Waals surface area contributed by atoms with Gasteiger partial charge in [0.05, 0.1) is 12.2 Å². The average molecular weight is 432 g/mol. The van der Waals surface area contributed by atoms with Gasteiger partial charge in [0, 0.05) is 39.4 Å². The summed E-state index contributed by atoms with van der Waals surface area (Å²) in [6, 6.07) is 5.93. The number of halogens is 1. The first kappa shape index (κ1) is 20.1. The molecule has 1 aliphatic rings. The van der Waals surface area contributed by atoms with Crippen molar-refractivity contribution in [3.63, 3.8) is 0 Å². The minimum absolute atomic E-state index is 0. The van der Waals surface area contributed by atoms with E-state index in [2.05, 4.69) is 37.5 Å². The quantitative estimate of drug-likeness (QED) is 0.413. The third kappa shape index (κ3) is 7.94. The van der Waals surface area contributed by atoms with Crippen LogP contribution in [0.15, 0.2) is 29.4 Å². The maximum Gasteiger partial charge on any atom is 0.191 e. The molecule has 1 fully saturated rings. The lowest BCUT2D eigenvalue weighted by Crippen LogP contribution is -2.42. The van der Waals surface area contributed by atoms with E-state index in [1.807, 2.05) is 24.4 Å². The van der Waals surface area contributed by atoms with Crippen LogP contribution >= 0.6 is 24.0 Å². The summed E-state index contributed by atoms with van der Waals surface area (Å²) in [5.41, 5.74) is 1.01. The Bertz CT molecular complexity index is 453. The molecule has 2 N–H and O–H groups in total. The van der Waals surface area contributed by atoms with Gasteiger partial charge in [0.2, 0.25) is 0 Å². The van der Waals surface area contributed by atoms with Gasteiger partial charge in [-0.2, -0.15) is 0 Å². The number of aliphatic imine (C=N–C) groups is 1. The van der Waals surface area contributed by atoms with Gasteiger partial charge in [0.15, 0.2) is 5.96 Å². The first-order valence-corrected chi connectivity index (χ1v) is 8.03. The van der Waals surface area contributed by atoms with Crippen LogP contribution in [0.3, 0.4) is 0 Å². The number of aromatic nitrogens is 1. The van der Waals surface area contributed by atoms with Crippen LogP contribution in [0.2, 0.25) is 0 Å². The minimum Gasteiger partial charge on any atom is -0.355 e. The molecule has 2 heterocycles. The Morgan fingerprint density at radius 3 is 2.83 bits per heavy atom. The highest BCUT2D eigenvalue weighted by Gasteiger charge is 2.11. The summed E-state index contributed by atoms with van der Waals surface area (Å²) in [5, 5.41) is 6.67. The van der Waals surface area contributed by atoms with E-state index in [1.165, 1.54) is 19.5 Å². The molecule has 0 saturated carbocycles. The normalized spacial score (nSPS) is 17.2. The second-order valence-electron chi connectivity index (χ2n) is 5.67. The SMILES string of the molecule is CN=C(NCCN1CCCN(C)CC1)NCc1ccccn1.I. The van der Waals surface area contributed by atoms with Crippen molar-refractivity contribution in [2.24, 2.45) is 4.99 Å². The third-order valence-electron chi connectivity index (χ3n) is 3.92. The molecule has 0 radical (unpaired) electrons. The predicted octanol–water partition coefficient (Wildman–Crippen LogP) is 1.00. The molecule has 1 aromatic heterocycles. The largest absolute Gasteiger partial charge is 0.355 e. The number of nitrogens with one attached hydrogen (secondary N) is 2. The molecule has 1 aliphatic heterocycles. The smallest absolute Gasteiger partial charge is 0.191 e. The summed E-state index contributed by atoms with van der Waals surface area (Å²) < 4.78 is 0. The number of nitrogens with zero attached hydrogens (tertiary/aromatic N) is 4. The lowest BCUT2D eigenvalue weighted by Gasteiger charge is -2.21. The minimum atomic E-state index is 0. The van der Waals surface area contributed by atoms with Crippen LogP contribution in [0.4, 0.5) is 0 Å². The van der Waals surface area contributed by atoms with Gasteiger partial charge < -0.3 is 20.4 Å². The van der Waals surface area contributed by atoms with Crippen LogP contribution in [0, 0.1) is 0 Å². The molecule has 7 heteroatoms. The highest BCUT2D eigenvalue weighted by Crippen LogP contribution is 1.99. The van der Waals surface area contributed by atoms with Gasteiger partial charge >= 0.3 is 0 Å². The monoisotopic (exact) mass is 432 g/mol. The van der Waals surface area contributed by atoms with Crippen molar-refractivity contribution in [2.75, 3.05) is 53.4 Å². The molecule has 1 aromatic rings. The van der Waals surface area contributed by atoms with Crippen molar-refractivity contribution >= 4 is 29.9 Å². The summed E-state index contributed by atoms with van der Waals surface area (Å²) in [5.74, 6) is 0.831. The Morgan fingerprint density at radius 2 is 2.09 bits per heavy atom. The first-order chi connectivity index (χ1) is 10.8. The van der Waals surface area contributed by atoms with Crippen molar-refractivity contribution in [2.45, 2.75) is 13.0 Å². The van der Waals surface area contributed by atoms with Crippen LogP contribution in [0.5, 0.6) is 0 Å². The van der Waals surface area contributed by atoms with Crippen LogP contribution < -0.4 is 10.6 Å². The predicted molar refractivity (Wildman–Crippen MR) is 106 cm³/mol. The molecule has 0 amide bonds. The number of rotatable bonds is 5. The maximum atomic E-state index is 4.30. The van der Waals surface area contributed by atoms with Gasteiger partial charge in [-0.3, -0.25) is 9.98 Å². The lowest BCUT2D eigenvalue weighted by atomic mass is 10.3. The van der Waals surface area contributed by atoms with Gasteiger partial charge in [-0.15, -0.1) is 24.0 Å². The molecule has 0 atom stereocenters. The average Bonchev–Trinajstić information content (AvgIpc) is 2.76. The maximum absolute atomic E-state index is 4.30. The Morgan fingerprint density at radius 1 is 1.22 bits per heavy atom. The molecule has 130 valence electrons. The van der Waals surface area contributed by atoms with Crippen molar-refractivity contribution in [1.29, 1.82) is 0 Å². The van der Waals surface area contributed by atoms with Crippen LogP contribution in [-0.2, 0) is 6.54 Å². The fourth-order valence-electron chi connectivity index (χ4n) is 2.55. The molecule has 0 unspecified atom stereocenters. The number of guanidine groups is 1. The zero-order chi connectivity index (χ0) is 15.6. The van der Waals surface area contributed by atoms with Crippen molar-refractivity contribution < 1.29 is 0 Å². The second kappa shape index (κ2) is 11.6. The lowest BCUT2D eigenvalue weighted by molar-refractivity contribution is 0.280. The van der Waals surface area contributed by atoms with E-state index in [1.54, 1.807) is 7.05 Å². The van der Waals surface area contributed by atoms with Gasteiger partial charge in [0.25, 0.3) is 0 Å². The summed E-state index contributed by atoms with van der Waals surface area (Å²) in [6.07, 6.45) is 3.06. The van der Waals surface area contributed by atoms with E-state index in [0.717, 1.165) is 37.8 Å². The van der Waals surface area contributed by atoms with E-state index >= 15 is 0 Å². The zero-order valence-electron chi connectivity index (χ0n) is 14.2.